The maximum Gasteiger partial charge on any atom is 0.346 e. The van der Waals surface area contributed by atoms with Crippen molar-refractivity contribution in [1.82, 2.24) is 0 Å². The second-order valence-corrected chi connectivity index (χ2v) is 4.47. The van der Waals surface area contributed by atoms with Crippen molar-refractivity contribution in [3.8, 4) is 0 Å². The maximum atomic E-state index is 11.7. The van der Waals surface area contributed by atoms with Crippen LogP contribution in [0.4, 0.5) is 0 Å². The highest BCUT2D eigenvalue weighted by atomic mass is 35.5. The molecular formula is C15H9ClO3. The van der Waals surface area contributed by atoms with Crippen LogP contribution in [0.2, 0.25) is 0 Å². The Morgan fingerprint density at radius 1 is 1.05 bits per heavy atom. The Bertz CT molecular complexity index is 711. The number of allylic oxidation sites excluding steroid dienone is 1. The molecule has 0 bridgehead atoms. The van der Waals surface area contributed by atoms with Gasteiger partial charge in [0.05, 0.1) is 11.1 Å². The van der Waals surface area contributed by atoms with Crippen LogP contribution in [0.25, 0.3) is 16.8 Å². The minimum absolute atomic E-state index is 0.407. The molecule has 0 fully saturated rings. The normalized spacial score (nSPS) is 14.2. The molecule has 0 unspecified atom stereocenters. The first kappa shape index (κ1) is 11.9. The van der Waals surface area contributed by atoms with Gasteiger partial charge in [-0.05, 0) is 23.1 Å². The van der Waals surface area contributed by atoms with E-state index < -0.39 is 11.9 Å². The van der Waals surface area contributed by atoms with Crippen molar-refractivity contribution in [2.75, 3.05) is 5.88 Å². The van der Waals surface area contributed by atoms with Crippen molar-refractivity contribution in [3.63, 3.8) is 0 Å². The smallest absolute Gasteiger partial charge is 0.346 e. The summed E-state index contributed by atoms with van der Waals surface area (Å²) in [5.74, 6) is -0.785. The van der Waals surface area contributed by atoms with Crippen LogP contribution in [0, 0.1) is 0 Å². The summed E-state index contributed by atoms with van der Waals surface area (Å²) in [6.45, 7) is 0. The van der Waals surface area contributed by atoms with Crippen LogP contribution >= 0.6 is 11.6 Å². The number of cyclic esters (lactones) is 2. The lowest BCUT2D eigenvalue weighted by Gasteiger charge is -2.16. The number of hydrogen-bond donors (Lipinski definition) is 0. The van der Waals surface area contributed by atoms with E-state index in [1.165, 1.54) is 0 Å². The molecule has 1 aliphatic rings. The molecule has 2 aromatic rings. The van der Waals surface area contributed by atoms with E-state index in [1.54, 1.807) is 18.2 Å². The number of ether oxygens (including phenoxy) is 1. The Balaban J connectivity index is 2.38. The molecule has 3 rings (SSSR count). The number of alkyl halides is 1. The van der Waals surface area contributed by atoms with Gasteiger partial charge in [-0.2, -0.15) is 0 Å². The number of hydrogen-bond acceptors (Lipinski definition) is 3. The molecule has 0 amide bonds. The third-order valence-corrected chi connectivity index (χ3v) is 3.26. The Morgan fingerprint density at radius 2 is 1.79 bits per heavy atom. The first-order valence-electron chi connectivity index (χ1n) is 5.77. The Kier molecular flexibility index (Phi) is 2.84. The molecule has 19 heavy (non-hydrogen) atoms. The van der Waals surface area contributed by atoms with E-state index in [4.69, 9.17) is 16.3 Å². The van der Waals surface area contributed by atoms with Crippen LogP contribution in [0.3, 0.4) is 0 Å². The topological polar surface area (TPSA) is 43.4 Å². The summed E-state index contributed by atoms with van der Waals surface area (Å²) < 4.78 is 4.71. The number of halogens is 1. The molecule has 4 heteroatoms. The van der Waals surface area contributed by atoms with E-state index in [0.717, 1.165) is 10.9 Å². The number of carbonyl (C=O) groups excluding carboxylic acids is 2. The van der Waals surface area contributed by atoms with Crippen LogP contribution in [-0.2, 0) is 4.74 Å². The third-order valence-electron chi connectivity index (χ3n) is 3.09. The van der Waals surface area contributed by atoms with Crippen molar-refractivity contribution in [1.29, 1.82) is 0 Å². The van der Waals surface area contributed by atoms with Crippen molar-refractivity contribution < 1.29 is 14.3 Å². The first-order valence-corrected chi connectivity index (χ1v) is 6.30. The lowest BCUT2D eigenvalue weighted by molar-refractivity contribution is 0.0391. The molecule has 0 N–H and O–H groups in total. The van der Waals surface area contributed by atoms with Crippen molar-refractivity contribution in [3.05, 3.63) is 53.1 Å². The molecule has 0 spiro atoms. The van der Waals surface area contributed by atoms with E-state index >= 15 is 0 Å². The Labute approximate surface area is 114 Å². The number of carbonyl (C=O) groups is 2. The molecule has 0 radical (unpaired) electrons. The second kappa shape index (κ2) is 4.52. The van der Waals surface area contributed by atoms with Gasteiger partial charge in [0, 0.05) is 11.3 Å². The molecular weight excluding hydrogens is 264 g/mol. The molecule has 0 atom stereocenters. The Hall–Kier alpha value is -2.13. The fourth-order valence-corrected chi connectivity index (χ4v) is 2.37. The SMILES string of the molecule is O=C1OC(=O)c2ccc(C=CCCl)c3cccc1c23. The van der Waals surface area contributed by atoms with Gasteiger partial charge < -0.3 is 4.74 Å². The largest absolute Gasteiger partial charge is 0.386 e. The summed E-state index contributed by atoms with van der Waals surface area (Å²) in [5.41, 5.74) is 1.77. The van der Waals surface area contributed by atoms with Gasteiger partial charge in [-0.3, -0.25) is 0 Å². The number of benzene rings is 2. The number of esters is 2. The van der Waals surface area contributed by atoms with Gasteiger partial charge in [0.25, 0.3) is 0 Å². The highest BCUT2D eigenvalue weighted by Crippen LogP contribution is 2.31. The standard InChI is InChI=1S/C15H9ClO3/c16-8-2-3-9-6-7-12-13-10(9)4-1-5-11(13)14(17)19-15(12)18/h1-7H,8H2. The van der Waals surface area contributed by atoms with Crippen LogP contribution in [-0.4, -0.2) is 17.8 Å². The zero-order chi connectivity index (χ0) is 13.4. The molecule has 0 aromatic heterocycles. The van der Waals surface area contributed by atoms with E-state index in [-0.39, 0.29) is 0 Å². The summed E-state index contributed by atoms with van der Waals surface area (Å²) in [5, 5.41) is 1.50. The van der Waals surface area contributed by atoms with Crippen molar-refractivity contribution in [2.45, 2.75) is 0 Å². The molecule has 3 nitrogen and oxygen atoms in total. The molecule has 0 saturated heterocycles. The highest BCUT2D eigenvalue weighted by molar-refractivity contribution is 6.22. The summed E-state index contributed by atoms with van der Waals surface area (Å²) in [7, 11) is 0. The molecule has 1 heterocycles. The maximum absolute atomic E-state index is 11.7. The van der Waals surface area contributed by atoms with Crippen LogP contribution in [0.1, 0.15) is 26.3 Å². The van der Waals surface area contributed by atoms with Gasteiger partial charge in [-0.1, -0.05) is 30.4 Å². The van der Waals surface area contributed by atoms with E-state index in [0.29, 0.717) is 22.4 Å². The summed E-state index contributed by atoms with van der Waals surface area (Å²) in [6, 6.07) is 8.81. The van der Waals surface area contributed by atoms with Crippen molar-refractivity contribution >= 4 is 40.4 Å². The zero-order valence-corrected chi connectivity index (χ0v) is 10.6. The van der Waals surface area contributed by atoms with Gasteiger partial charge in [0.1, 0.15) is 0 Å². The predicted octanol–water partition coefficient (Wildman–Crippen LogP) is 3.40. The number of rotatable bonds is 2. The van der Waals surface area contributed by atoms with Crippen LogP contribution in [0.15, 0.2) is 36.4 Å². The average molecular weight is 273 g/mol. The average Bonchev–Trinajstić information content (AvgIpc) is 2.42. The van der Waals surface area contributed by atoms with E-state index in [2.05, 4.69) is 0 Å². The van der Waals surface area contributed by atoms with Gasteiger partial charge in [0.2, 0.25) is 0 Å². The van der Waals surface area contributed by atoms with Gasteiger partial charge >= 0.3 is 11.9 Å². The third kappa shape index (κ3) is 1.83. The highest BCUT2D eigenvalue weighted by Gasteiger charge is 2.27. The van der Waals surface area contributed by atoms with E-state index in [1.807, 2.05) is 24.3 Å². The van der Waals surface area contributed by atoms with Crippen LogP contribution < -0.4 is 0 Å². The minimum Gasteiger partial charge on any atom is -0.386 e. The minimum atomic E-state index is -0.596. The Morgan fingerprint density at radius 3 is 2.53 bits per heavy atom. The first-order chi connectivity index (χ1) is 9.22. The summed E-state index contributed by atoms with van der Waals surface area (Å²) in [6.07, 6.45) is 3.69. The molecule has 94 valence electrons. The monoisotopic (exact) mass is 272 g/mol. The van der Waals surface area contributed by atoms with Gasteiger partial charge in [0.15, 0.2) is 0 Å². The summed E-state index contributed by atoms with van der Waals surface area (Å²) in [4.78, 5) is 23.5. The molecule has 0 saturated carbocycles. The van der Waals surface area contributed by atoms with Crippen LogP contribution in [0.5, 0.6) is 0 Å². The van der Waals surface area contributed by atoms with Gasteiger partial charge in [-0.25, -0.2) is 9.59 Å². The van der Waals surface area contributed by atoms with Gasteiger partial charge in [-0.15, -0.1) is 11.6 Å². The molecule has 2 aromatic carbocycles. The van der Waals surface area contributed by atoms with E-state index in [9.17, 15) is 9.59 Å². The fraction of sp³-hybridized carbons (Fsp3) is 0.0667. The quantitative estimate of drug-likeness (QED) is 0.478. The fourth-order valence-electron chi connectivity index (χ4n) is 2.28. The second-order valence-electron chi connectivity index (χ2n) is 4.16. The summed E-state index contributed by atoms with van der Waals surface area (Å²) >= 11 is 5.63. The lowest BCUT2D eigenvalue weighted by Crippen LogP contribution is -2.19. The molecule has 0 aliphatic carbocycles. The predicted molar refractivity (Wildman–Crippen MR) is 73.4 cm³/mol. The van der Waals surface area contributed by atoms with Crippen molar-refractivity contribution in [2.24, 2.45) is 0 Å². The lowest BCUT2D eigenvalue weighted by atomic mass is 9.94. The zero-order valence-electron chi connectivity index (χ0n) is 9.85. The molecule has 1 aliphatic heterocycles.